The van der Waals surface area contributed by atoms with Gasteiger partial charge in [-0.3, -0.25) is 0 Å². The average molecular weight is 288 g/mol. The second-order valence-electron chi connectivity index (χ2n) is 5.15. The fourth-order valence-electron chi connectivity index (χ4n) is 2.27. The number of esters is 1. The van der Waals surface area contributed by atoms with Gasteiger partial charge in [-0.1, -0.05) is 54.6 Å². The van der Waals surface area contributed by atoms with Gasteiger partial charge in [-0.05, 0) is 47.9 Å². The maximum Gasteiger partial charge on any atom is 0.343 e. The molecule has 2 heteroatoms. The molecule has 2 nitrogen and oxygen atoms in total. The summed E-state index contributed by atoms with van der Waals surface area (Å²) in [6.07, 6.45) is 0. The van der Waals surface area contributed by atoms with Crippen LogP contribution in [0.1, 0.15) is 15.9 Å². The molecule has 0 heterocycles. The molecule has 0 aliphatic carbocycles. The first-order valence-electron chi connectivity index (χ1n) is 7.17. The largest absolute Gasteiger partial charge is 0.423 e. The van der Waals surface area contributed by atoms with Crippen LogP contribution in [0.5, 0.6) is 5.75 Å². The summed E-state index contributed by atoms with van der Waals surface area (Å²) in [5, 5.41) is 0. The highest BCUT2D eigenvalue weighted by Gasteiger charge is 2.09. The van der Waals surface area contributed by atoms with Crippen LogP contribution in [-0.4, -0.2) is 5.97 Å². The van der Waals surface area contributed by atoms with E-state index in [2.05, 4.69) is 0 Å². The summed E-state index contributed by atoms with van der Waals surface area (Å²) < 4.78 is 5.39. The Morgan fingerprint density at radius 2 is 1.45 bits per heavy atom. The molecule has 0 aromatic heterocycles. The van der Waals surface area contributed by atoms with Crippen LogP contribution in [0.2, 0.25) is 0 Å². The molecule has 0 aliphatic rings. The zero-order valence-electron chi connectivity index (χ0n) is 12.3. The summed E-state index contributed by atoms with van der Waals surface area (Å²) in [6, 6.07) is 25.0. The number of ether oxygens (including phenoxy) is 1. The summed E-state index contributed by atoms with van der Waals surface area (Å²) >= 11 is 0. The van der Waals surface area contributed by atoms with E-state index in [0.717, 1.165) is 16.7 Å². The van der Waals surface area contributed by atoms with E-state index in [1.54, 1.807) is 18.2 Å². The second kappa shape index (κ2) is 6.27. The lowest BCUT2D eigenvalue weighted by Gasteiger charge is -2.06. The minimum Gasteiger partial charge on any atom is -0.423 e. The molecule has 108 valence electrons. The van der Waals surface area contributed by atoms with E-state index in [-0.39, 0.29) is 5.97 Å². The lowest BCUT2D eigenvalue weighted by Crippen LogP contribution is -2.08. The Kier molecular flexibility index (Phi) is 4.01. The van der Waals surface area contributed by atoms with Gasteiger partial charge in [0.15, 0.2) is 0 Å². The van der Waals surface area contributed by atoms with Crippen molar-refractivity contribution in [2.24, 2.45) is 0 Å². The number of aryl methyl sites for hydroxylation is 1. The third-order valence-corrected chi connectivity index (χ3v) is 3.43. The minimum absolute atomic E-state index is 0.342. The molecule has 0 radical (unpaired) electrons. The van der Waals surface area contributed by atoms with Gasteiger partial charge in [0.1, 0.15) is 5.75 Å². The number of hydrogen-bond donors (Lipinski definition) is 0. The van der Waals surface area contributed by atoms with Crippen molar-refractivity contribution in [3.05, 3.63) is 90.0 Å². The first kappa shape index (κ1) is 14.1. The smallest absolute Gasteiger partial charge is 0.343 e. The van der Waals surface area contributed by atoms with Crippen LogP contribution in [0.15, 0.2) is 78.9 Å². The van der Waals surface area contributed by atoms with Crippen LogP contribution in [-0.2, 0) is 0 Å². The summed E-state index contributed by atoms with van der Waals surface area (Å²) in [7, 11) is 0. The number of hydrogen-bond acceptors (Lipinski definition) is 2. The molecule has 3 aromatic rings. The van der Waals surface area contributed by atoms with Crippen LogP contribution in [0.4, 0.5) is 0 Å². The van der Waals surface area contributed by atoms with Gasteiger partial charge >= 0.3 is 5.97 Å². The normalized spacial score (nSPS) is 10.2. The molecular weight excluding hydrogens is 272 g/mol. The Bertz CT molecular complexity index is 774. The summed E-state index contributed by atoms with van der Waals surface area (Å²) in [4.78, 5) is 12.2. The zero-order valence-corrected chi connectivity index (χ0v) is 12.3. The summed E-state index contributed by atoms with van der Waals surface area (Å²) in [5.41, 5.74) is 3.81. The van der Waals surface area contributed by atoms with Gasteiger partial charge in [-0.2, -0.15) is 0 Å². The topological polar surface area (TPSA) is 26.3 Å². The van der Waals surface area contributed by atoms with Crippen molar-refractivity contribution in [2.45, 2.75) is 6.92 Å². The third kappa shape index (κ3) is 3.23. The fourth-order valence-corrected chi connectivity index (χ4v) is 2.27. The number of rotatable bonds is 3. The first-order chi connectivity index (χ1) is 10.7. The highest BCUT2D eigenvalue weighted by molar-refractivity contribution is 5.91. The van der Waals surface area contributed by atoms with Crippen LogP contribution in [0, 0.1) is 6.92 Å². The Labute approximate surface area is 130 Å². The first-order valence-corrected chi connectivity index (χ1v) is 7.17. The standard InChI is InChI=1S/C20H16O2/c1-15-6-5-9-19(14-15)22-20(21)18-12-10-17(11-13-18)16-7-3-2-4-8-16/h2-14H,1H3. The Hall–Kier alpha value is -2.87. The molecule has 22 heavy (non-hydrogen) atoms. The van der Waals surface area contributed by atoms with Crippen LogP contribution < -0.4 is 4.74 Å². The van der Waals surface area contributed by atoms with E-state index in [9.17, 15) is 4.79 Å². The molecule has 0 amide bonds. The molecule has 0 saturated heterocycles. The lowest BCUT2D eigenvalue weighted by atomic mass is 10.0. The summed E-state index contributed by atoms with van der Waals surface area (Å²) in [5.74, 6) is 0.224. The fraction of sp³-hybridized carbons (Fsp3) is 0.0500. The highest BCUT2D eigenvalue weighted by Crippen LogP contribution is 2.20. The highest BCUT2D eigenvalue weighted by atomic mass is 16.5. The molecule has 3 aromatic carbocycles. The number of carbonyl (C=O) groups excluding carboxylic acids is 1. The van der Waals surface area contributed by atoms with Gasteiger partial charge in [0.05, 0.1) is 5.56 Å². The van der Waals surface area contributed by atoms with Crippen LogP contribution in [0.25, 0.3) is 11.1 Å². The van der Waals surface area contributed by atoms with Crippen molar-refractivity contribution in [3.63, 3.8) is 0 Å². The van der Waals surface area contributed by atoms with Crippen molar-refractivity contribution >= 4 is 5.97 Å². The van der Waals surface area contributed by atoms with E-state index in [0.29, 0.717) is 11.3 Å². The Morgan fingerprint density at radius 1 is 0.773 bits per heavy atom. The van der Waals surface area contributed by atoms with Gasteiger partial charge < -0.3 is 4.74 Å². The van der Waals surface area contributed by atoms with Gasteiger partial charge in [0, 0.05) is 0 Å². The van der Waals surface area contributed by atoms with Crippen molar-refractivity contribution < 1.29 is 9.53 Å². The average Bonchev–Trinajstić information content (AvgIpc) is 2.56. The molecule has 0 bridgehead atoms. The van der Waals surface area contributed by atoms with E-state index < -0.39 is 0 Å². The van der Waals surface area contributed by atoms with Gasteiger partial charge in [-0.15, -0.1) is 0 Å². The quantitative estimate of drug-likeness (QED) is 0.507. The third-order valence-electron chi connectivity index (χ3n) is 3.43. The van der Waals surface area contributed by atoms with Crippen molar-refractivity contribution in [1.29, 1.82) is 0 Å². The van der Waals surface area contributed by atoms with Crippen molar-refractivity contribution in [3.8, 4) is 16.9 Å². The molecular formula is C20H16O2. The molecule has 3 rings (SSSR count). The van der Waals surface area contributed by atoms with Crippen LogP contribution >= 0.6 is 0 Å². The molecule has 0 aliphatic heterocycles. The van der Waals surface area contributed by atoms with E-state index in [4.69, 9.17) is 4.74 Å². The maximum atomic E-state index is 12.2. The van der Waals surface area contributed by atoms with Gasteiger partial charge in [-0.25, -0.2) is 4.79 Å². The van der Waals surface area contributed by atoms with E-state index >= 15 is 0 Å². The predicted octanol–water partition coefficient (Wildman–Crippen LogP) is 4.88. The number of carbonyl (C=O) groups is 1. The monoisotopic (exact) mass is 288 g/mol. The lowest BCUT2D eigenvalue weighted by molar-refractivity contribution is 0.0735. The van der Waals surface area contributed by atoms with Crippen LogP contribution in [0.3, 0.4) is 0 Å². The second-order valence-corrected chi connectivity index (χ2v) is 5.15. The maximum absolute atomic E-state index is 12.2. The molecule has 0 fully saturated rings. The van der Waals surface area contributed by atoms with E-state index in [1.807, 2.05) is 67.6 Å². The minimum atomic E-state index is -0.342. The predicted molar refractivity (Wildman–Crippen MR) is 88.0 cm³/mol. The molecule has 0 spiro atoms. The van der Waals surface area contributed by atoms with Crippen molar-refractivity contribution in [2.75, 3.05) is 0 Å². The Balaban J connectivity index is 1.76. The number of benzene rings is 3. The van der Waals surface area contributed by atoms with Gasteiger partial charge in [0.25, 0.3) is 0 Å². The van der Waals surface area contributed by atoms with Crippen molar-refractivity contribution in [1.82, 2.24) is 0 Å². The summed E-state index contributed by atoms with van der Waals surface area (Å²) in [6.45, 7) is 1.96. The molecule has 0 unspecified atom stereocenters. The SMILES string of the molecule is Cc1cccc(OC(=O)c2ccc(-c3ccccc3)cc2)c1. The zero-order chi connectivity index (χ0) is 15.4. The van der Waals surface area contributed by atoms with Gasteiger partial charge in [0.2, 0.25) is 0 Å². The van der Waals surface area contributed by atoms with E-state index in [1.165, 1.54) is 0 Å². The Morgan fingerprint density at radius 3 is 2.14 bits per heavy atom. The molecule has 0 saturated carbocycles. The molecule has 0 atom stereocenters. The molecule has 0 N–H and O–H groups in total.